The number of fused-ring (bicyclic) bond motifs is 2. The maximum Gasteiger partial charge on any atom is 0.343 e. The molecule has 4 aromatic carbocycles. The molecule has 1 aliphatic heterocycles. The number of nitrogens with zero attached hydrogens (tertiary/aromatic N) is 1. The minimum absolute atomic E-state index is 0.109. The summed E-state index contributed by atoms with van der Waals surface area (Å²) in [7, 11) is 0. The van der Waals surface area contributed by atoms with Gasteiger partial charge in [0.15, 0.2) is 11.5 Å². The van der Waals surface area contributed by atoms with Crippen LogP contribution in [0.1, 0.15) is 32.0 Å². The van der Waals surface area contributed by atoms with Crippen LogP contribution < -0.4 is 19.6 Å². The summed E-state index contributed by atoms with van der Waals surface area (Å²) in [5.74, 6) is 0.356. The molecule has 8 nitrogen and oxygen atoms in total. The Morgan fingerprint density at radius 2 is 1.80 bits per heavy atom. The number of halogens is 1. The molecule has 2 heterocycles. The van der Waals surface area contributed by atoms with Crippen molar-refractivity contribution in [1.29, 1.82) is 0 Å². The fourth-order valence-electron chi connectivity index (χ4n) is 4.49. The predicted molar refractivity (Wildman–Crippen MR) is 155 cm³/mol. The van der Waals surface area contributed by atoms with Gasteiger partial charge in [-0.25, -0.2) is 10.2 Å². The molecule has 5 aromatic rings. The molecule has 0 atom stereocenters. The van der Waals surface area contributed by atoms with Gasteiger partial charge in [-0.1, -0.05) is 57.9 Å². The van der Waals surface area contributed by atoms with E-state index < -0.39 is 11.9 Å². The quantitative estimate of drug-likeness (QED) is 0.0994. The summed E-state index contributed by atoms with van der Waals surface area (Å²) in [5, 5.41) is 5.13. The van der Waals surface area contributed by atoms with Gasteiger partial charge in [0.2, 0.25) is 6.79 Å². The lowest BCUT2D eigenvalue weighted by Crippen LogP contribution is -2.19. The number of benzene rings is 4. The molecule has 0 radical (unpaired) electrons. The number of aromatic nitrogens is 1. The van der Waals surface area contributed by atoms with Crippen LogP contribution in [0.15, 0.2) is 94.5 Å². The van der Waals surface area contributed by atoms with Crippen molar-refractivity contribution in [3.8, 4) is 28.4 Å². The Morgan fingerprint density at radius 1 is 0.975 bits per heavy atom. The highest BCUT2D eigenvalue weighted by molar-refractivity contribution is 9.10. The molecule has 0 unspecified atom stereocenters. The van der Waals surface area contributed by atoms with Crippen molar-refractivity contribution in [2.75, 3.05) is 6.79 Å². The number of esters is 1. The fraction of sp³-hybridized carbons (Fsp3) is 0.0645. The molecule has 1 amide bonds. The largest absolute Gasteiger partial charge is 0.454 e. The number of H-pyrrole nitrogens is 1. The maximum absolute atomic E-state index is 13.3. The summed E-state index contributed by atoms with van der Waals surface area (Å²) in [4.78, 5) is 29.4. The highest BCUT2D eigenvalue weighted by Gasteiger charge is 2.20. The van der Waals surface area contributed by atoms with E-state index in [0.29, 0.717) is 28.3 Å². The normalized spacial score (nSPS) is 12.2. The van der Waals surface area contributed by atoms with Gasteiger partial charge in [0.05, 0.1) is 11.8 Å². The monoisotopic (exact) mass is 595 g/mol. The van der Waals surface area contributed by atoms with E-state index in [1.54, 1.807) is 36.4 Å². The van der Waals surface area contributed by atoms with E-state index in [-0.39, 0.29) is 12.5 Å². The lowest BCUT2D eigenvalue weighted by molar-refractivity contribution is 0.0733. The average Bonchev–Trinajstić information content (AvgIpc) is 3.59. The first-order valence-corrected chi connectivity index (χ1v) is 13.2. The van der Waals surface area contributed by atoms with Gasteiger partial charge in [0, 0.05) is 26.5 Å². The van der Waals surface area contributed by atoms with Gasteiger partial charge in [-0.15, -0.1) is 0 Å². The molecule has 0 saturated heterocycles. The number of aromatic amines is 1. The van der Waals surface area contributed by atoms with Gasteiger partial charge < -0.3 is 19.2 Å². The molecule has 198 valence electrons. The van der Waals surface area contributed by atoms with Crippen molar-refractivity contribution in [2.45, 2.75) is 6.92 Å². The maximum atomic E-state index is 13.3. The van der Waals surface area contributed by atoms with E-state index in [2.05, 4.69) is 37.5 Å². The number of nitrogens with one attached hydrogen (secondary N) is 2. The first kappa shape index (κ1) is 25.4. The second-order valence-corrected chi connectivity index (χ2v) is 10.0. The summed E-state index contributed by atoms with van der Waals surface area (Å²) >= 11 is 3.43. The molecular formula is C31H22BrN3O5. The molecule has 1 aromatic heterocycles. The number of amides is 1. The zero-order valence-electron chi connectivity index (χ0n) is 21.2. The fourth-order valence-corrected chi connectivity index (χ4v) is 4.87. The van der Waals surface area contributed by atoms with Crippen molar-refractivity contribution in [3.63, 3.8) is 0 Å². The number of hydrogen-bond donors (Lipinski definition) is 2. The molecule has 9 heteroatoms. The zero-order valence-corrected chi connectivity index (χ0v) is 22.8. The van der Waals surface area contributed by atoms with Crippen LogP contribution in [-0.2, 0) is 0 Å². The van der Waals surface area contributed by atoms with Gasteiger partial charge in [0.25, 0.3) is 5.91 Å². The number of rotatable bonds is 6. The van der Waals surface area contributed by atoms with Gasteiger partial charge in [-0.05, 0) is 61.0 Å². The second kappa shape index (κ2) is 10.7. The Morgan fingerprint density at radius 3 is 2.65 bits per heavy atom. The Kier molecular flexibility index (Phi) is 6.79. The molecule has 0 bridgehead atoms. The van der Waals surface area contributed by atoms with E-state index in [9.17, 15) is 9.59 Å². The smallest absolute Gasteiger partial charge is 0.343 e. The van der Waals surface area contributed by atoms with E-state index in [4.69, 9.17) is 14.2 Å². The highest BCUT2D eigenvalue weighted by atomic mass is 79.9. The molecule has 6 rings (SSSR count). The zero-order chi connectivity index (χ0) is 27.6. The van der Waals surface area contributed by atoms with E-state index >= 15 is 0 Å². The molecule has 40 heavy (non-hydrogen) atoms. The predicted octanol–water partition coefficient (Wildman–Crippen LogP) is 6.62. The Balaban J connectivity index is 1.25. The van der Waals surface area contributed by atoms with Gasteiger partial charge in [-0.2, -0.15) is 5.10 Å². The van der Waals surface area contributed by atoms with E-state index in [1.165, 1.54) is 6.21 Å². The average molecular weight is 596 g/mol. The second-order valence-electron chi connectivity index (χ2n) is 9.13. The minimum atomic E-state index is -0.569. The summed E-state index contributed by atoms with van der Waals surface area (Å²) in [6.07, 6.45) is 1.43. The molecule has 0 aliphatic carbocycles. The first-order chi connectivity index (χ1) is 19.5. The van der Waals surface area contributed by atoms with Crippen molar-refractivity contribution in [3.05, 3.63) is 112 Å². The van der Waals surface area contributed by atoms with E-state index in [1.807, 2.05) is 49.4 Å². The number of hydrazone groups is 1. The molecule has 2 N–H and O–H groups in total. The summed E-state index contributed by atoms with van der Waals surface area (Å²) in [6, 6.07) is 25.7. The van der Waals surface area contributed by atoms with Crippen molar-refractivity contribution in [2.24, 2.45) is 5.10 Å². The van der Waals surface area contributed by atoms with Crippen LogP contribution in [0.5, 0.6) is 17.2 Å². The van der Waals surface area contributed by atoms with Crippen LogP contribution >= 0.6 is 15.9 Å². The number of carbonyl (C=O) groups is 2. The summed E-state index contributed by atoms with van der Waals surface area (Å²) in [5.41, 5.74) is 7.45. The molecule has 0 spiro atoms. The lowest BCUT2D eigenvalue weighted by atomic mass is 10.0. The summed E-state index contributed by atoms with van der Waals surface area (Å²) in [6.45, 7) is 2.12. The van der Waals surface area contributed by atoms with Crippen molar-refractivity contribution in [1.82, 2.24) is 10.4 Å². The third-order valence-corrected chi connectivity index (χ3v) is 6.89. The molecule has 0 saturated carbocycles. The van der Waals surface area contributed by atoms with Crippen LogP contribution in [0.2, 0.25) is 0 Å². The molecule has 0 fully saturated rings. The van der Waals surface area contributed by atoms with E-state index in [0.717, 1.165) is 32.1 Å². The highest BCUT2D eigenvalue weighted by Crippen LogP contribution is 2.34. The topological polar surface area (TPSA) is 102 Å². The first-order valence-electron chi connectivity index (χ1n) is 12.4. The number of carbonyl (C=O) groups excluding carboxylic acids is 2. The standard InChI is InChI=1S/C31H22BrN3O5/c1-18-7-10-24-23(13-18)28(19-5-3-2-4-6-19)29(34-24)30(36)35-33-16-21-14-22(32)9-12-25(21)40-31(37)20-8-11-26-27(15-20)39-17-38-26/h2-16,34H,17H2,1H3,(H,35,36). The van der Waals surface area contributed by atoms with Crippen LogP contribution in [-0.4, -0.2) is 29.9 Å². The van der Waals surface area contributed by atoms with Crippen LogP contribution in [0.3, 0.4) is 0 Å². The van der Waals surface area contributed by atoms with Crippen molar-refractivity contribution >= 4 is 44.9 Å². The van der Waals surface area contributed by atoms with Gasteiger partial charge >= 0.3 is 5.97 Å². The van der Waals surface area contributed by atoms with Crippen molar-refractivity contribution < 1.29 is 23.8 Å². The third kappa shape index (κ3) is 5.06. The van der Waals surface area contributed by atoms with Crippen LogP contribution in [0.25, 0.3) is 22.0 Å². The van der Waals surface area contributed by atoms with Gasteiger partial charge in [0.1, 0.15) is 11.4 Å². The SMILES string of the molecule is Cc1ccc2[nH]c(C(=O)NN=Cc3cc(Br)ccc3OC(=O)c3ccc4c(c3)OCO4)c(-c3ccccc3)c2c1. The minimum Gasteiger partial charge on any atom is -0.454 e. The number of ether oxygens (including phenoxy) is 3. The van der Waals surface area contributed by atoms with Gasteiger partial charge in [-0.3, -0.25) is 4.79 Å². The number of hydrogen-bond acceptors (Lipinski definition) is 6. The van der Waals surface area contributed by atoms with Crippen LogP contribution in [0.4, 0.5) is 0 Å². The summed E-state index contributed by atoms with van der Waals surface area (Å²) < 4.78 is 17.1. The van der Waals surface area contributed by atoms with Crippen LogP contribution in [0, 0.1) is 6.92 Å². The Labute approximate surface area is 237 Å². The Bertz CT molecular complexity index is 1800. The molecule has 1 aliphatic rings. The number of aryl methyl sites for hydroxylation is 1. The Hall–Kier alpha value is -4.89. The lowest BCUT2D eigenvalue weighted by Gasteiger charge is -2.09. The molecular weight excluding hydrogens is 574 g/mol. The third-order valence-electron chi connectivity index (χ3n) is 6.40.